The molecule has 4 rings (SSSR count). The monoisotopic (exact) mass is 464 g/mol. The van der Waals surface area contributed by atoms with Crippen LogP contribution in [0.5, 0.6) is 5.75 Å². The molecule has 3 atom stereocenters. The molecule has 2 fully saturated rings. The van der Waals surface area contributed by atoms with Crippen LogP contribution in [0.1, 0.15) is 43.7 Å². The molecule has 2 aliphatic rings. The van der Waals surface area contributed by atoms with Crippen LogP contribution in [0.2, 0.25) is 0 Å². The molecule has 0 bridgehead atoms. The van der Waals surface area contributed by atoms with E-state index in [1.165, 1.54) is 13.0 Å². The molecule has 7 heteroatoms. The summed E-state index contributed by atoms with van der Waals surface area (Å²) in [6.45, 7) is 7.26. The maximum atomic E-state index is 12.6. The summed E-state index contributed by atoms with van der Waals surface area (Å²) in [4.78, 5) is 26.4. The number of piperidine rings is 1. The summed E-state index contributed by atoms with van der Waals surface area (Å²) in [6, 6.07) is 9.14. The summed E-state index contributed by atoms with van der Waals surface area (Å²) in [6.07, 6.45) is 10.8. The Hall–Kier alpha value is -3.16. The number of nitrogens with one attached hydrogen (secondary N) is 1. The van der Waals surface area contributed by atoms with E-state index in [-0.39, 0.29) is 17.9 Å². The predicted molar refractivity (Wildman–Crippen MR) is 129 cm³/mol. The van der Waals surface area contributed by atoms with Crippen LogP contribution < -0.4 is 10.1 Å². The number of furan rings is 1. The number of esters is 1. The molecule has 1 aliphatic heterocycles. The van der Waals surface area contributed by atoms with Crippen molar-refractivity contribution in [2.24, 2.45) is 0 Å². The number of nitrogens with zero attached hydrogens (tertiary/aromatic N) is 1. The largest absolute Gasteiger partial charge is 0.472 e. The van der Waals surface area contributed by atoms with Crippen LogP contribution in [0.3, 0.4) is 0 Å². The summed E-state index contributed by atoms with van der Waals surface area (Å²) >= 11 is 0. The Morgan fingerprint density at radius 1 is 1.35 bits per heavy atom. The van der Waals surface area contributed by atoms with Crippen LogP contribution in [-0.2, 0) is 15.0 Å². The third kappa shape index (κ3) is 5.00. The van der Waals surface area contributed by atoms with Gasteiger partial charge in [-0.3, -0.25) is 14.5 Å². The molecule has 2 heterocycles. The van der Waals surface area contributed by atoms with Crippen molar-refractivity contribution in [3.05, 3.63) is 72.7 Å². The lowest BCUT2D eigenvalue weighted by Gasteiger charge is -2.58. The highest BCUT2D eigenvalue weighted by Crippen LogP contribution is 2.52. The summed E-state index contributed by atoms with van der Waals surface area (Å²) in [7, 11) is 0. The number of fused-ring (bicyclic) bond motifs is 1. The van der Waals surface area contributed by atoms with Crippen molar-refractivity contribution < 1.29 is 23.8 Å². The molecule has 1 aliphatic carbocycles. The topological polar surface area (TPSA) is 92.0 Å². The first-order valence-corrected chi connectivity index (χ1v) is 11.7. The van der Waals surface area contributed by atoms with Crippen molar-refractivity contribution in [3.8, 4) is 5.75 Å². The number of hydrogen-bond acceptors (Lipinski definition) is 6. The molecule has 7 nitrogen and oxygen atoms in total. The van der Waals surface area contributed by atoms with Gasteiger partial charge in [0.2, 0.25) is 5.91 Å². The van der Waals surface area contributed by atoms with E-state index in [4.69, 9.17) is 9.15 Å². The van der Waals surface area contributed by atoms with Gasteiger partial charge in [0.05, 0.1) is 18.1 Å². The van der Waals surface area contributed by atoms with E-state index < -0.39 is 11.0 Å². The molecule has 2 aromatic rings. The van der Waals surface area contributed by atoms with Crippen molar-refractivity contribution >= 4 is 18.0 Å². The molecule has 2 N–H and O–H groups in total. The summed E-state index contributed by atoms with van der Waals surface area (Å²) < 4.78 is 10.4. The highest BCUT2D eigenvalue weighted by Gasteiger charge is 2.57. The standard InChI is InChI=1S/C27H32N2O5/c1-3-13-29-14-12-26(22-5-4-6-24(16-22)34-20(2)30)17-23(9-11-27(26,32)19-29)28-25(31)8-7-21-10-15-33-18-21/h3-8,10,15-16,18,23,32H,1,9,11-14,17,19H2,2H3,(H,28,31)/b8-7+/t23-,26-,27-/m0/s1. The Balaban J connectivity index is 1.60. The molecular weight excluding hydrogens is 432 g/mol. The number of carbonyl (C=O) groups is 2. The van der Waals surface area contributed by atoms with E-state index >= 15 is 0 Å². The van der Waals surface area contributed by atoms with Crippen LogP contribution in [0, 0.1) is 0 Å². The lowest BCUT2D eigenvalue weighted by Crippen LogP contribution is -2.67. The normalized spacial score (nSPS) is 27.2. The second kappa shape index (κ2) is 9.99. The molecule has 1 amide bonds. The Morgan fingerprint density at radius 3 is 2.94 bits per heavy atom. The van der Waals surface area contributed by atoms with Gasteiger partial charge in [-0.05, 0) is 62.1 Å². The van der Waals surface area contributed by atoms with Gasteiger partial charge in [-0.25, -0.2) is 0 Å². The van der Waals surface area contributed by atoms with Gasteiger partial charge in [-0.15, -0.1) is 6.58 Å². The first-order valence-electron chi connectivity index (χ1n) is 11.7. The molecule has 1 aromatic heterocycles. The van der Waals surface area contributed by atoms with Gasteiger partial charge in [0.25, 0.3) is 0 Å². The number of likely N-dealkylation sites (tertiary alicyclic amines) is 1. The highest BCUT2D eigenvalue weighted by molar-refractivity contribution is 5.91. The fourth-order valence-corrected chi connectivity index (χ4v) is 5.53. The first-order chi connectivity index (χ1) is 16.3. The number of amides is 1. The Kier molecular flexibility index (Phi) is 7.05. The minimum absolute atomic E-state index is 0.0925. The maximum Gasteiger partial charge on any atom is 0.308 e. The number of β-amino-alcohol motifs (C(OH)–C–C–N with tert-alkyl or cyclic N) is 1. The predicted octanol–water partition coefficient (Wildman–Crippen LogP) is 3.45. The van der Waals surface area contributed by atoms with Crippen LogP contribution in [-0.4, -0.2) is 53.2 Å². The maximum absolute atomic E-state index is 12.6. The van der Waals surface area contributed by atoms with Gasteiger partial charge >= 0.3 is 5.97 Å². The smallest absolute Gasteiger partial charge is 0.308 e. The van der Waals surface area contributed by atoms with E-state index in [1.807, 2.05) is 24.3 Å². The van der Waals surface area contributed by atoms with Gasteiger partial charge < -0.3 is 19.6 Å². The zero-order chi connectivity index (χ0) is 24.2. The lowest BCUT2D eigenvalue weighted by atomic mass is 9.55. The van der Waals surface area contributed by atoms with Gasteiger partial charge in [-0.1, -0.05) is 18.2 Å². The molecule has 1 saturated carbocycles. The van der Waals surface area contributed by atoms with Crippen molar-refractivity contribution in [2.75, 3.05) is 19.6 Å². The van der Waals surface area contributed by atoms with E-state index in [0.717, 1.165) is 24.1 Å². The minimum Gasteiger partial charge on any atom is -0.472 e. The van der Waals surface area contributed by atoms with E-state index in [9.17, 15) is 14.7 Å². The molecule has 34 heavy (non-hydrogen) atoms. The van der Waals surface area contributed by atoms with Crippen LogP contribution in [0.15, 0.2) is 66.0 Å². The molecule has 180 valence electrons. The van der Waals surface area contributed by atoms with Crippen LogP contribution in [0.4, 0.5) is 0 Å². The summed E-state index contributed by atoms with van der Waals surface area (Å²) in [5.41, 5.74) is 0.198. The minimum atomic E-state index is -0.975. The Morgan fingerprint density at radius 2 is 2.21 bits per heavy atom. The third-order valence-corrected chi connectivity index (χ3v) is 7.08. The SMILES string of the molecule is C=CCN1CC[C@@]2(c3cccc(OC(C)=O)c3)C[C@@H](NC(=O)/C=C/c3ccoc3)CC[C@]2(O)C1. The van der Waals surface area contributed by atoms with Crippen LogP contribution in [0.25, 0.3) is 6.08 Å². The second-order valence-electron chi connectivity index (χ2n) is 9.35. The number of rotatable bonds is 7. The molecule has 1 aromatic carbocycles. The molecule has 0 spiro atoms. The van der Waals surface area contributed by atoms with Gasteiger partial charge in [-0.2, -0.15) is 0 Å². The molecular formula is C27H32N2O5. The fourth-order valence-electron chi connectivity index (χ4n) is 5.53. The number of aliphatic hydroxyl groups is 1. The number of carbonyl (C=O) groups excluding carboxylic acids is 2. The third-order valence-electron chi connectivity index (χ3n) is 7.08. The van der Waals surface area contributed by atoms with Gasteiger partial charge in [0.1, 0.15) is 5.75 Å². The van der Waals surface area contributed by atoms with Crippen LogP contribution >= 0.6 is 0 Å². The highest BCUT2D eigenvalue weighted by atomic mass is 16.5. The number of benzene rings is 1. The van der Waals surface area contributed by atoms with Gasteiger partial charge in [0, 0.05) is 43.1 Å². The Bertz CT molecular complexity index is 1060. The average molecular weight is 465 g/mol. The molecule has 1 saturated heterocycles. The first kappa shape index (κ1) is 24.0. The summed E-state index contributed by atoms with van der Waals surface area (Å²) in [5, 5.41) is 15.2. The average Bonchev–Trinajstić information content (AvgIpc) is 3.32. The quantitative estimate of drug-likeness (QED) is 0.282. The zero-order valence-electron chi connectivity index (χ0n) is 19.5. The lowest BCUT2D eigenvalue weighted by molar-refractivity contribution is -0.132. The van der Waals surface area contributed by atoms with E-state index in [2.05, 4.69) is 16.8 Å². The summed E-state index contributed by atoms with van der Waals surface area (Å²) in [5.74, 6) is -0.0992. The fraction of sp³-hybridized carbons (Fsp3) is 0.407. The van der Waals surface area contributed by atoms with E-state index in [0.29, 0.717) is 38.1 Å². The zero-order valence-corrected chi connectivity index (χ0v) is 19.5. The van der Waals surface area contributed by atoms with Crippen molar-refractivity contribution in [1.29, 1.82) is 0 Å². The van der Waals surface area contributed by atoms with Crippen molar-refractivity contribution in [2.45, 2.75) is 49.7 Å². The van der Waals surface area contributed by atoms with E-state index in [1.54, 1.807) is 30.7 Å². The van der Waals surface area contributed by atoms with Crippen molar-refractivity contribution in [3.63, 3.8) is 0 Å². The number of ether oxygens (including phenoxy) is 1. The molecule has 0 radical (unpaired) electrons. The molecule has 0 unspecified atom stereocenters. The number of hydrogen-bond donors (Lipinski definition) is 2. The van der Waals surface area contributed by atoms with Gasteiger partial charge in [0.15, 0.2) is 0 Å². The second-order valence-corrected chi connectivity index (χ2v) is 9.35. The van der Waals surface area contributed by atoms with Crippen molar-refractivity contribution in [1.82, 2.24) is 10.2 Å². The Labute approximate surface area is 200 Å².